The molecule has 30 heavy (non-hydrogen) atoms. The van der Waals surface area contributed by atoms with Crippen molar-refractivity contribution >= 4 is 29.9 Å². The number of hydrogen-bond acceptors (Lipinski definition) is 5. The Balaban J connectivity index is 0.00000450. The van der Waals surface area contributed by atoms with E-state index in [0.29, 0.717) is 32.3 Å². The fourth-order valence-corrected chi connectivity index (χ4v) is 2.57. The van der Waals surface area contributed by atoms with Crippen molar-refractivity contribution in [3.8, 4) is 17.2 Å². The Hall–Kier alpha value is -2.20. The first-order chi connectivity index (χ1) is 14.2. The van der Waals surface area contributed by atoms with Crippen molar-refractivity contribution in [1.29, 1.82) is 0 Å². The lowest BCUT2D eigenvalue weighted by molar-refractivity contribution is 0.146. The number of halogens is 1. The minimum atomic E-state index is -0.0617. The van der Waals surface area contributed by atoms with E-state index >= 15 is 0 Å². The van der Waals surface area contributed by atoms with Crippen molar-refractivity contribution < 1.29 is 18.9 Å². The summed E-state index contributed by atoms with van der Waals surface area (Å²) in [5.41, 5.74) is 1.13. The molecule has 0 aromatic heterocycles. The summed E-state index contributed by atoms with van der Waals surface area (Å²) in [6.07, 6.45) is -0.0617. The van der Waals surface area contributed by atoms with E-state index in [2.05, 4.69) is 15.6 Å². The van der Waals surface area contributed by atoms with E-state index in [1.54, 1.807) is 21.3 Å². The van der Waals surface area contributed by atoms with Crippen LogP contribution in [0.15, 0.2) is 53.5 Å². The Morgan fingerprint density at radius 1 is 0.967 bits per heavy atom. The van der Waals surface area contributed by atoms with E-state index in [0.717, 1.165) is 22.8 Å². The summed E-state index contributed by atoms with van der Waals surface area (Å²) in [6, 6.07) is 15.6. The smallest absolute Gasteiger partial charge is 0.191 e. The van der Waals surface area contributed by atoms with Crippen LogP contribution in [-0.4, -0.2) is 53.1 Å². The van der Waals surface area contributed by atoms with E-state index in [9.17, 15) is 0 Å². The van der Waals surface area contributed by atoms with Crippen LogP contribution < -0.4 is 24.8 Å². The number of nitrogens with zero attached hydrogens (tertiary/aromatic N) is 1. The standard InChI is InChI=1S/C22H31N3O4.HI/c1-17(29-21-8-6-5-7-20(21)27-4)15-24-22(23-2)25-16-18-9-11-19(12-10-18)28-14-13-26-3;/h5-12,17H,13-16H2,1-4H3,(H2,23,24,25);1H. The van der Waals surface area contributed by atoms with Gasteiger partial charge in [0.25, 0.3) is 0 Å². The molecule has 0 radical (unpaired) electrons. The monoisotopic (exact) mass is 529 g/mol. The van der Waals surface area contributed by atoms with Gasteiger partial charge in [0.05, 0.1) is 20.3 Å². The molecule has 2 aromatic carbocycles. The quantitative estimate of drug-likeness (QED) is 0.201. The van der Waals surface area contributed by atoms with Crippen LogP contribution in [0.5, 0.6) is 17.2 Å². The van der Waals surface area contributed by atoms with Gasteiger partial charge in [-0.3, -0.25) is 4.99 Å². The summed E-state index contributed by atoms with van der Waals surface area (Å²) in [5.74, 6) is 2.98. The lowest BCUT2D eigenvalue weighted by Crippen LogP contribution is -2.41. The molecule has 0 fully saturated rings. The molecule has 0 saturated carbocycles. The zero-order chi connectivity index (χ0) is 20.9. The van der Waals surface area contributed by atoms with Crippen LogP contribution in [0.4, 0.5) is 0 Å². The summed E-state index contributed by atoms with van der Waals surface area (Å²) in [5, 5.41) is 6.57. The Morgan fingerprint density at radius 3 is 2.30 bits per heavy atom. The van der Waals surface area contributed by atoms with Gasteiger partial charge in [-0.1, -0.05) is 24.3 Å². The lowest BCUT2D eigenvalue weighted by Gasteiger charge is -2.19. The van der Waals surface area contributed by atoms with Gasteiger partial charge in [0.1, 0.15) is 18.5 Å². The average Bonchev–Trinajstić information content (AvgIpc) is 2.75. The van der Waals surface area contributed by atoms with Gasteiger partial charge >= 0.3 is 0 Å². The van der Waals surface area contributed by atoms with Gasteiger partial charge < -0.3 is 29.6 Å². The number of nitrogens with one attached hydrogen (secondary N) is 2. The highest BCUT2D eigenvalue weighted by molar-refractivity contribution is 14.0. The number of aliphatic imine (C=N–C) groups is 1. The van der Waals surface area contributed by atoms with Gasteiger partial charge in [-0.25, -0.2) is 0 Å². The Kier molecular flexibility index (Phi) is 12.7. The van der Waals surface area contributed by atoms with Gasteiger partial charge in [0, 0.05) is 20.7 Å². The number of hydrogen-bond donors (Lipinski definition) is 2. The molecule has 0 saturated heterocycles. The molecule has 1 unspecified atom stereocenters. The molecule has 2 rings (SSSR count). The molecule has 0 aliphatic heterocycles. The van der Waals surface area contributed by atoms with Crippen LogP contribution in [-0.2, 0) is 11.3 Å². The van der Waals surface area contributed by atoms with Crippen molar-refractivity contribution in [3.63, 3.8) is 0 Å². The van der Waals surface area contributed by atoms with Crippen LogP contribution in [0, 0.1) is 0 Å². The third-order valence-electron chi connectivity index (χ3n) is 4.12. The van der Waals surface area contributed by atoms with Crippen LogP contribution in [0.2, 0.25) is 0 Å². The summed E-state index contributed by atoms with van der Waals surface area (Å²) in [4.78, 5) is 4.26. The second-order valence-electron chi connectivity index (χ2n) is 6.37. The van der Waals surface area contributed by atoms with Crippen LogP contribution >= 0.6 is 24.0 Å². The maximum Gasteiger partial charge on any atom is 0.191 e. The number of guanidine groups is 1. The third-order valence-corrected chi connectivity index (χ3v) is 4.12. The van der Waals surface area contributed by atoms with Crippen LogP contribution in [0.1, 0.15) is 12.5 Å². The van der Waals surface area contributed by atoms with Gasteiger partial charge in [0.15, 0.2) is 17.5 Å². The molecular weight excluding hydrogens is 497 g/mol. The predicted molar refractivity (Wildman–Crippen MR) is 131 cm³/mol. The normalized spacial score (nSPS) is 11.8. The first-order valence-corrected chi connectivity index (χ1v) is 9.61. The number of rotatable bonds is 11. The molecule has 7 nitrogen and oxygen atoms in total. The van der Waals surface area contributed by atoms with Crippen molar-refractivity contribution in [1.82, 2.24) is 10.6 Å². The first kappa shape index (κ1) is 25.8. The minimum Gasteiger partial charge on any atom is -0.493 e. The summed E-state index contributed by atoms with van der Waals surface area (Å²) < 4.78 is 21.8. The summed E-state index contributed by atoms with van der Waals surface area (Å²) in [7, 11) is 5.04. The topological polar surface area (TPSA) is 73.3 Å². The van der Waals surface area contributed by atoms with Gasteiger partial charge in [-0.15, -0.1) is 24.0 Å². The predicted octanol–water partition coefficient (Wildman–Crippen LogP) is 3.47. The molecule has 0 amide bonds. The zero-order valence-corrected chi connectivity index (χ0v) is 20.3. The van der Waals surface area contributed by atoms with Crippen molar-refractivity contribution in [2.75, 3.05) is 41.0 Å². The summed E-state index contributed by atoms with van der Waals surface area (Å²) in [6.45, 7) is 4.36. The Labute approximate surface area is 196 Å². The fourth-order valence-electron chi connectivity index (χ4n) is 2.57. The van der Waals surface area contributed by atoms with Crippen molar-refractivity contribution in [2.45, 2.75) is 19.6 Å². The van der Waals surface area contributed by atoms with Crippen LogP contribution in [0.25, 0.3) is 0 Å². The molecule has 2 aromatic rings. The van der Waals surface area contributed by atoms with E-state index in [-0.39, 0.29) is 30.1 Å². The molecule has 2 N–H and O–H groups in total. The highest BCUT2D eigenvalue weighted by atomic mass is 127. The maximum atomic E-state index is 5.95. The number of para-hydroxylation sites is 2. The minimum absolute atomic E-state index is 0. The molecule has 0 bridgehead atoms. The molecular formula is C22H32IN3O4. The molecule has 0 aliphatic rings. The molecule has 1 atom stereocenters. The second kappa shape index (κ2) is 14.7. The lowest BCUT2D eigenvalue weighted by atomic mass is 10.2. The fraction of sp³-hybridized carbons (Fsp3) is 0.409. The van der Waals surface area contributed by atoms with E-state index < -0.39 is 0 Å². The SMILES string of the molecule is CN=C(NCc1ccc(OCCOC)cc1)NCC(C)Oc1ccccc1OC.I. The van der Waals surface area contributed by atoms with E-state index in [1.165, 1.54) is 0 Å². The van der Waals surface area contributed by atoms with E-state index in [4.69, 9.17) is 18.9 Å². The molecule has 0 spiro atoms. The highest BCUT2D eigenvalue weighted by Crippen LogP contribution is 2.26. The maximum absolute atomic E-state index is 5.95. The Morgan fingerprint density at radius 2 is 1.67 bits per heavy atom. The second-order valence-corrected chi connectivity index (χ2v) is 6.37. The third kappa shape index (κ3) is 9.08. The largest absolute Gasteiger partial charge is 0.493 e. The first-order valence-electron chi connectivity index (χ1n) is 9.61. The van der Waals surface area contributed by atoms with Gasteiger partial charge in [0.2, 0.25) is 0 Å². The van der Waals surface area contributed by atoms with Gasteiger partial charge in [-0.2, -0.15) is 0 Å². The van der Waals surface area contributed by atoms with Gasteiger partial charge in [-0.05, 0) is 36.8 Å². The molecule has 0 aliphatic carbocycles. The Bertz CT molecular complexity index is 756. The van der Waals surface area contributed by atoms with Crippen molar-refractivity contribution in [2.24, 2.45) is 4.99 Å². The molecule has 0 heterocycles. The number of benzene rings is 2. The number of methoxy groups -OCH3 is 2. The van der Waals surface area contributed by atoms with E-state index in [1.807, 2.05) is 55.5 Å². The molecule has 8 heteroatoms. The summed E-state index contributed by atoms with van der Waals surface area (Å²) >= 11 is 0. The molecule has 166 valence electrons. The van der Waals surface area contributed by atoms with Crippen molar-refractivity contribution in [3.05, 3.63) is 54.1 Å². The highest BCUT2D eigenvalue weighted by Gasteiger charge is 2.09. The number of ether oxygens (including phenoxy) is 4. The van der Waals surface area contributed by atoms with Crippen LogP contribution in [0.3, 0.4) is 0 Å². The zero-order valence-electron chi connectivity index (χ0n) is 18.0. The average molecular weight is 529 g/mol.